The van der Waals surface area contributed by atoms with Crippen LogP contribution in [0.1, 0.15) is 32.4 Å². The Hall–Kier alpha value is -1.12. The number of benzene rings is 1. The molecular weight excluding hydrogens is 248 g/mol. The molecule has 1 fully saturated rings. The Labute approximate surface area is 121 Å². The van der Waals surface area contributed by atoms with Crippen LogP contribution in [0.25, 0.3) is 0 Å². The van der Waals surface area contributed by atoms with Crippen molar-refractivity contribution in [2.24, 2.45) is 23.2 Å². The first-order valence-electron chi connectivity index (χ1n) is 7.56. The number of aliphatic hydroxyl groups is 1. The first-order chi connectivity index (χ1) is 9.60. The highest BCUT2D eigenvalue weighted by Crippen LogP contribution is 2.55. The molecule has 1 aliphatic carbocycles. The summed E-state index contributed by atoms with van der Waals surface area (Å²) in [5.74, 6) is 1.18. The van der Waals surface area contributed by atoms with Gasteiger partial charge in [-0.25, -0.2) is 0 Å². The minimum absolute atomic E-state index is 0.116. The van der Waals surface area contributed by atoms with Crippen LogP contribution in [0, 0.1) is 23.2 Å². The average Bonchev–Trinajstić information content (AvgIpc) is 2.46. The molecule has 0 saturated carbocycles. The van der Waals surface area contributed by atoms with Crippen LogP contribution in [0.4, 0.5) is 0 Å². The summed E-state index contributed by atoms with van der Waals surface area (Å²) >= 11 is 0. The van der Waals surface area contributed by atoms with Gasteiger partial charge in [-0.2, -0.15) is 0 Å². The quantitative estimate of drug-likeness (QED) is 0.834. The summed E-state index contributed by atoms with van der Waals surface area (Å²) in [4.78, 5) is 0. The van der Waals surface area contributed by atoms with Gasteiger partial charge < -0.3 is 9.84 Å². The molecular formula is C18H24O2. The van der Waals surface area contributed by atoms with E-state index in [1.165, 1.54) is 11.1 Å². The lowest BCUT2D eigenvalue weighted by Gasteiger charge is -2.55. The van der Waals surface area contributed by atoms with E-state index in [0.717, 1.165) is 0 Å². The predicted octanol–water partition coefficient (Wildman–Crippen LogP) is 3.58. The normalized spacial score (nSPS) is 40.3. The van der Waals surface area contributed by atoms with E-state index >= 15 is 0 Å². The van der Waals surface area contributed by atoms with Gasteiger partial charge in [-0.05, 0) is 24.3 Å². The molecule has 20 heavy (non-hydrogen) atoms. The van der Waals surface area contributed by atoms with Crippen molar-refractivity contribution >= 4 is 0 Å². The SMILES string of the molecule is CC1=C[C@@H](C)[C@]2(CO)CO[C@@H](c3ccccc3)[C@H]1[C@@H]2C. The van der Waals surface area contributed by atoms with Gasteiger partial charge in [0.1, 0.15) is 0 Å². The van der Waals surface area contributed by atoms with E-state index in [-0.39, 0.29) is 18.1 Å². The third-order valence-electron chi connectivity index (χ3n) is 5.67. The Kier molecular flexibility index (Phi) is 3.47. The second-order valence-corrected chi connectivity index (χ2v) is 6.55. The molecule has 0 amide bonds. The fourth-order valence-corrected chi connectivity index (χ4v) is 4.23. The van der Waals surface area contributed by atoms with Gasteiger partial charge in [-0.3, -0.25) is 0 Å². The smallest absolute Gasteiger partial charge is 0.0893 e. The zero-order valence-electron chi connectivity index (χ0n) is 12.5. The summed E-state index contributed by atoms with van der Waals surface area (Å²) < 4.78 is 6.24. The van der Waals surface area contributed by atoms with Crippen LogP contribution in [0.5, 0.6) is 0 Å². The van der Waals surface area contributed by atoms with Gasteiger partial charge >= 0.3 is 0 Å². The molecule has 0 aromatic heterocycles. The number of rotatable bonds is 2. The van der Waals surface area contributed by atoms with Crippen molar-refractivity contribution in [1.29, 1.82) is 0 Å². The molecule has 2 nitrogen and oxygen atoms in total. The van der Waals surface area contributed by atoms with Crippen molar-refractivity contribution in [3.05, 3.63) is 47.5 Å². The minimum atomic E-state index is -0.116. The van der Waals surface area contributed by atoms with Crippen LogP contribution in [-0.4, -0.2) is 18.3 Å². The predicted molar refractivity (Wildman–Crippen MR) is 80.2 cm³/mol. The summed E-state index contributed by atoms with van der Waals surface area (Å²) in [6, 6.07) is 10.5. The second kappa shape index (κ2) is 5.01. The number of allylic oxidation sites excluding steroid dienone is 1. The van der Waals surface area contributed by atoms with Crippen molar-refractivity contribution in [2.75, 3.05) is 13.2 Å². The number of hydrogen-bond acceptors (Lipinski definition) is 2. The molecule has 1 N–H and O–H groups in total. The number of hydrogen-bond donors (Lipinski definition) is 1. The molecule has 1 aromatic rings. The average molecular weight is 272 g/mol. The van der Waals surface area contributed by atoms with E-state index in [4.69, 9.17) is 4.74 Å². The number of aliphatic hydroxyl groups excluding tert-OH is 1. The molecule has 0 radical (unpaired) electrons. The van der Waals surface area contributed by atoms with Crippen molar-refractivity contribution in [1.82, 2.24) is 0 Å². The van der Waals surface area contributed by atoms with Crippen LogP contribution in [0.15, 0.2) is 42.0 Å². The highest BCUT2D eigenvalue weighted by molar-refractivity contribution is 5.27. The summed E-state index contributed by atoms with van der Waals surface area (Å²) in [6.45, 7) is 7.55. The molecule has 1 saturated heterocycles. The molecule has 2 bridgehead atoms. The zero-order valence-corrected chi connectivity index (χ0v) is 12.5. The second-order valence-electron chi connectivity index (χ2n) is 6.55. The Morgan fingerprint density at radius 1 is 1.25 bits per heavy atom. The van der Waals surface area contributed by atoms with Crippen molar-refractivity contribution < 1.29 is 9.84 Å². The molecule has 5 atom stereocenters. The first kappa shape index (κ1) is 13.8. The van der Waals surface area contributed by atoms with Gasteiger partial charge in [0.25, 0.3) is 0 Å². The summed E-state index contributed by atoms with van der Waals surface area (Å²) in [7, 11) is 0. The topological polar surface area (TPSA) is 29.5 Å². The number of fused-ring (bicyclic) bond motifs is 2. The maximum atomic E-state index is 9.97. The van der Waals surface area contributed by atoms with Gasteiger partial charge in [-0.15, -0.1) is 0 Å². The number of ether oxygens (including phenoxy) is 1. The van der Waals surface area contributed by atoms with Crippen LogP contribution in [0.3, 0.4) is 0 Å². The summed E-state index contributed by atoms with van der Waals surface area (Å²) in [5.41, 5.74) is 2.54. The fourth-order valence-electron chi connectivity index (χ4n) is 4.23. The van der Waals surface area contributed by atoms with Gasteiger partial charge in [0.05, 0.1) is 19.3 Å². The van der Waals surface area contributed by atoms with Gasteiger partial charge in [0, 0.05) is 11.3 Å². The van der Waals surface area contributed by atoms with E-state index in [0.29, 0.717) is 24.4 Å². The highest BCUT2D eigenvalue weighted by Gasteiger charge is 2.53. The largest absolute Gasteiger partial charge is 0.396 e. The zero-order chi connectivity index (χ0) is 14.3. The molecule has 0 spiro atoms. The van der Waals surface area contributed by atoms with Crippen molar-refractivity contribution in [2.45, 2.75) is 26.9 Å². The van der Waals surface area contributed by atoms with E-state index in [1.54, 1.807) is 0 Å². The van der Waals surface area contributed by atoms with Crippen LogP contribution in [0.2, 0.25) is 0 Å². The molecule has 1 heterocycles. The third kappa shape index (κ3) is 1.86. The minimum Gasteiger partial charge on any atom is -0.396 e. The maximum absolute atomic E-state index is 9.97. The highest BCUT2D eigenvalue weighted by atomic mass is 16.5. The molecule has 1 aliphatic heterocycles. The van der Waals surface area contributed by atoms with Gasteiger partial charge in [-0.1, -0.05) is 55.8 Å². The van der Waals surface area contributed by atoms with Crippen LogP contribution < -0.4 is 0 Å². The fraction of sp³-hybridized carbons (Fsp3) is 0.556. The van der Waals surface area contributed by atoms with Crippen LogP contribution in [-0.2, 0) is 4.74 Å². The Bertz CT molecular complexity index is 507. The Balaban J connectivity index is 2.02. The van der Waals surface area contributed by atoms with E-state index in [2.05, 4.69) is 51.1 Å². The van der Waals surface area contributed by atoms with Crippen LogP contribution >= 0.6 is 0 Å². The molecule has 2 aliphatic rings. The third-order valence-corrected chi connectivity index (χ3v) is 5.67. The maximum Gasteiger partial charge on any atom is 0.0893 e. The first-order valence-corrected chi connectivity index (χ1v) is 7.56. The molecule has 108 valence electrons. The lowest BCUT2D eigenvalue weighted by Crippen LogP contribution is -2.53. The van der Waals surface area contributed by atoms with E-state index in [1.807, 2.05) is 6.07 Å². The lowest BCUT2D eigenvalue weighted by molar-refractivity contribution is -0.165. The summed E-state index contributed by atoms with van der Waals surface area (Å²) in [6.07, 6.45) is 2.47. The van der Waals surface area contributed by atoms with E-state index in [9.17, 15) is 5.11 Å². The van der Waals surface area contributed by atoms with Gasteiger partial charge in [0.15, 0.2) is 0 Å². The Morgan fingerprint density at radius 2 is 1.95 bits per heavy atom. The lowest BCUT2D eigenvalue weighted by atomic mass is 9.56. The summed E-state index contributed by atoms with van der Waals surface area (Å²) in [5, 5.41) is 9.97. The van der Waals surface area contributed by atoms with Gasteiger partial charge in [0.2, 0.25) is 0 Å². The van der Waals surface area contributed by atoms with E-state index < -0.39 is 0 Å². The molecule has 0 unspecified atom stereocenters. The molecule has 2 heteroatoms. The molecule has 1 aromatic carbocycles. The standard InChI is InChI=1S/C18H24O2/c1-12-9-13(2)18(10-19)11-20-17(16(12)14(18)3)15-7-5-4-6-8-15/h4-9,13-14,16-17,19H,10-11H2,1-3H3/t13-,14+,16-,17+,18+/m1/s1. The molecule has 3 rings (SSSR count). The van der Waals surface area contributed by atoms with Crippen molar-refractivity contribution in [3.8, 4) is 0 Å². The monoisotopic (exact) mass is 272 g/mol. The van der Waals surface area contributed by atoms with Crippen molar-refractivity contribution in [3.63, 3.8) is 0 Å². The Morgan fingerprint density at radius 3 is 2.60 bits per heavy atom.